The zero-order valence-electron chi connectivity index (χ0n) is 18.6. The molecule has 0 amide bonds. The first-order valence-electron chi connectivity index (χ1n) is 10.5. The van der Waals surface area contributed by atoms with Gasteiger partial charge in [0, 0.05) is 16.8 Å². The van der Waals surface area contributed by atoms with Crippen molar-refractivity contribution in [2.24, 2.45) is 0 Å². The summed E-state index contributed by atoms with van der Waals surface area (Å²) in [7, 11) is 4.25. The first-order valence-corrected chi connectivity index (χ1v) is 10.5. The quantitative estimate of drug-likeness (QED) is 0.501. The van der Waals surface area contributed by atoms with Crippen LogP contribution >= 0.6 is 0 Å². The Morgan fingerprint density at radius 3 is 2.13 bits per heavy atom. The summed E-state index contributed by atoms with van der Waals surface area (Å²) in [4.78, 5) is 2.26. The molecule has 2 atom stereocenters. The van der Waals surface area contributed by atoms with Gasteiger partial charge >= 0.3 is 0 Å². The Balaban J connectivity index is 1.72. The highest BCUT2D eigenvalue weighted by Crippen LogP contribution is 2.29. The number of hydrogen-bond donors (Lipinski definition) is 1. The maximum Gasteiger partial charge on any atom is 0.185 e. The summed E-state index contributed by atoms with van der Waals surface area (Å²) in [6.45, 7) is 8.58. The lowest BCUT2D eigenvalue weighted by molar-refractivity contribution is 0.275. The number of benzene rings is 2. The van der Waals surface area contributed by atoms with Crippen LogP contribution in [0.3, 0.4) is 0 Å². The number of nitrogens with one attached hydrogen (secondary N) is 1. The molecule has 156 valence electrons. The largest absolute Gasteiger partial charge is 0.364 e. The molecule has 6 heteroatoms. The van der Waals surface area contributed by atoms with Gasteiger partial charge in [-0.3, -0.25) is 0 Å². The number of aromatic nitrogens is 4. The maximum atomic E-state index is 4.84. The summed E-state index contributed by atoms with van der Waals surface area (Å²) in [5.74, 6) is 2.15. The number of likely N-dealkylation sites (N-methyl/N-ethyl adjacent to an activating group) is 1. The van der Waals surface area contributed by atoms with Crippen LogP contribution in [0.4, 0.5) is 5.82 Å². The van der Waals surface area contributed by atoms with E-state index >= 15 is 0 Å². The summed E-state index contributed by atoms with van der Waals surface area (Å²) in [5.41, 5.74) is 3.43. The third-order valence-electron chi connectivity index (χ3n) is 5.76. The standard InChI is InChI=1S/C24H30N6/c1-15(2)18-11-13-19(14-12-18)22(29(5)6)16(3)25-23-20-9-7-8-10-21(20)24-27-26-17(4)30(24)28-23/h7-16,22H,1-6H3,(H,25,28)/t16-,22+/m0/s1. The van der Waals surface area contributed by atoms with Gasteiger partial charge in [-0.05, 0) is 45.0 Å². The molecule has 2 aromatic heterocycles. The molecular formula is C24H30N6. The Morgan fingerprint density at radius 1 is 0.867 bits per heavy atom. The van der Waals surface area contributed by atoms with E-state index < -0.39 is 0 Å². The van der Waals surface area contributed by atoms with E-state index in [-0.39, 0.29) is 12.1 Å². The average molecular weight is 403 g/mol. The Labute approximate surface area is 177 Å². The second-order valence-corrected chi connectivity index (χ2v) is 8.54. The van der Waals surface area contributed by atoms with Crippen LogP contribution in [0, 0.1) is 6.92 Å². The molecule has 4 aromatic rings. The summed E-state index contributed by atoms with van der Waals surface area (Å²) in [6, 6.07) is 17.5. The Bertz CT molecular complexity index is 1160. The van der Waals surface area contributed by atoms with Crippen molar-refractivity contribution in [3.63, 3.8) is 0 Å². The van der Waals surface area contributed by atoms with E-state index in [4.69, 9.17) is 5.10 Å². The van der Waals surface area contributed by atoms with E-state index in [1.807, 2.05) is 23.6 Å². The molecule has 0 bridgehead atoms. The van der Waals surface area contributed by atoms with Gasteiger partial charge in [0.15, 0.2) is 17.3 Å². The molecule has 2 aromatic carbocycles. The molecule has 6 nitrogen and oxygen atoms in total. The number of anilines is 1. The summed E-state index contributed by atoms with van der Waals surface area (Å²) in [5, 5.41) is 19.1. The minimum Gasteiger partial charge on any atom is -0.364 e. The molecule has 2 heterocycles. The van der Waals surface area contributed by atoms with Gasteiger partial charge in [-0.2, -0.15) is 4.52 Å². The smallest absolute Gasteiger partial charge is 0.185 e. The number of aryl methyl sites for hydroxylation is 1. The minimum atomic E-state index is 0.134. The SMILES string of the molecule is Cc1nnc2c3ccccc3c(N[C@@H](C)[C@H](c3ccc(C(C)C)cc3)N(C)C)nn12. The fourth-order valence-electron chi connectivity index (χ4n) is 4.20. The van der Waals surface area contributed by atoms with Crippen molar-refractivity contribution in [1.82, 2.24) is 24.7 Å². The first kappa shape index (κ1) is 20.3. The van der Waals surface area contributed by atoms with Crippen LogP contribution in [-0.2, 0) is 0 Å². The normalized spacial score (nSPS) is 14.0. The monoisotopic (exact) mass is 402 g/mol. The number of rotatable bonds is 6. The lowest BCUT2D eigenvalue weighted by atomic mass is 9.95. The molecule has 30 heavy (non-hydrogen) atoms. The van der Waals surface area contributed by atoms with E-state index in [0.29, 0.717) is 5.92 Å². The molecule has 0 aliphatic rings. The van der Waals surface area contributed by atoms with Gasteiger partial charge in [0.05, 0.1) is 6.04 Å². The van der Waals surface area contributed by atoms with E-state index in [2.05, 4.69) is 91.7 Å². The van der Waals surface area contributed by atoms with Crippen LogP contribution in [0.1, 0.15) is 49.7 Å². The molecule has 0 radical (unpaired) electrons. The number of fused-ring (bicyclic) bond motifs is 3. The lowest BCUT2D eigenvalue weighted by Gasteiger charge is -2.32. The second-order valence-electron chi connectivity index (χ2n) is 8.54. The molecule has 0 aliphatic carbocycles. The van der Waals surface area contributed by atoms with Crippen LogP contribution in [0.15, 0.2) is 48.5 Å². The van der Waals surface area contributed by atoms with Crippen LogP contribution < -0.4 is 5.32 Å². The van der Waals surface area contributed by atoms with E-state index in [9.17, 15) is 0 Å². The molecule has 1 N–H and O–H groups in total. The summed E-state index contributed by atoms with van der Waals surface area (Å²) < 4.78 is 1.82. The van der Waals surface area contributed by atoms with Gasteiger partial charge in [0.1, 0.15) is 0 Å². The molecule has 0 saturated carbocycles. The van der Waals surface area contributed by atoms with Crippen LogP contribution in [-0.4, -0.2) is 44.8 Å². The third kappa shape index (κ3) is 3.63. The molecule has 0 aliphatic heterocycles. The Hall–Kier alpha value is -2.99. The molecule has 0 unspecified atom stereocenters. The summed E-state index contributed by atoms with van der Waals surface area (Å²) in [6.07, 6.45) is 0. The second kappa shape index (κ2) is 8.03. The highest BCUT2D eigenvalue weighted by molar-refractivity contribution is 5.99. The van der Waals surface area contributed by atoms with E-state index in [1.54, 1.807) is 0 Å². The van der Waals surface area contributed by atoms with Crippen molar-refractivity contribution < 1.29 is 0 Å². The van der Waals surface area contributed by atoms with E-state index in [1.165, 1.54) is 11.1 Å². The topological polar surface area (TPSA) is 58.4 Å². The first-order chi connectivity index (χ1) is 14.4. The van der Waals surface area contributed by atoms with Gasteiger partial charge in [-0.25, -0.2) is 0 Å². The van der Waals surface area contributed by atoms with Crippen molar-refractivity contribution >= 4 is 22.2 Å². The zero-order valence-corrected chi connectivity index (χ0v) is 18.6. The fraction of sp³-hybridized carbons (Fsp3) is 0.375. The van der Waals surface area contributed by atoms with Crippen molar-refractivity contribution in [3.05, 3.63) is 65.5 Å². The van der Waals surface area contributed by atoms with Gasteiger partial charge in [-0.15, -0.1) is 15.3 Å². The lowest BCUT2D eigenvalue weighted by Crippen LogP contribution is -2.34. The Morgan fingerprint density at radius 2 is 1.50 bits per heavy atom. The summed E-state index contributed by atoms with van der Waals surface area (Å²) >= 11 is 0. The van der Waals surface area contributed by atoms with Gasteiger partial charge in [-0.1, -0.05) is 62.4 Å². The van der Waals surface area contributed by atoms with Crippen molar-refractivity contribution in [1.29, 1.82) is 0 Å². The average Bonchev–Trinajstić information content (AvgIpc) is 3.09. The molecular weight excluding hydrogens is 372 g/mol. The molecule has 0 fully saturated rings. The molecule has 0 spiro atoms. The highest BCUT2D eigenvalue weighted by Gasteiger charge is 2.23. The predicted octanol–water partition coefficient (Wildman–Crippen LogP) is 4.81. The van der Waals surface area contributed by atoms with Crippen molar-refractivity contribution in [2.45, 2.75) is 45.7 Å². The van der Waals surface area contributed by atoms with Crippen LogP contribution in [0.25, 0.3) is 16.4 Å². The fourth-order valence-corrected chi connectivity index (χ4v) is 4.20. The van der Waals surface area contributed by atoms with Gasteiger partial charge in [0.2, 0.25) is 0 Å². The molecule has 4 rings (SSSR count). The number of nitrogens with zero attached hydrogens (tertiary/aromatic N) is 5. The minimum absolute atomic E-state index is 0.134. The van der Waals surface area contributed by atoms with Gasteiger partial charge in [0.25, 0.3) is 0 Å². The Kier molecular flexibility index (Phi) is 5.43. The number of hydrogen-bond acceptors (Lipinski definition) is 5. The predicted molar refractivity (Wildman–Crippen MR) is 123 cm³/mol. The van der Waals surface area contributed by atoms with Gasteiger partial charge < -0.3 is 10.2 Å². The highest BCUT2D eigenvalue weighted by atomic mass is 15.4. The van der Waals surface area contributed by atoms with Crippen molar-refractivity contribution in [2.75, 3.05) is 19.4 Å². The van der Waals surface area contributed by atoms with E-state index in [0.717, 1.165) is 28.1 Å². The maximum absolute atomic E-state index is 4.84. The molecule has 0 saturated heterocycles. The third-order valence-corrected chi connectivity index (χ3v) is 5.76. The van der Waals surface area contributed by atoms with Crippen molar-refractivity contribution in [3.8, 4) is 0 Å². The zero-order chi connectivity index (χ0) is 21.4. The van der Waals surface area contributed by atoms with Crippen LogP contribution in [0.5, 0.6) is 0 Å². The van der Waals surface area contributed by atoms with Crippen LogP contribution in [0.2, 0.25) is 0 Å².